The van der Waals surface area contributed by atoms with Crippen molar-refractivity contribution in [2.24, 2.45) is 0 Å². The van der Waals surface area contributed by atoms with Gasteiger partial charge in [0.25, 0.3) is 0 Å². The summed E-state index contributed by atoms with van der Waals surface area (Å²) < 4.78 is 19.8. The maximum absolute atomic E-state index is 14.3. The molecule has 0 aliphatic carbocycles. The smallest absolute Gasteiger partial charge is 0.248 e. The summed E-state index contributed by atoms with van der Waals surface area (Å²) >= 11 is 6.36. The van der Waals surface area contributed by atoms with Crippen molar-refractivity contribution in [3.05, 3.63) is 83.4 Å². The number of carbonyl (C=O) groups is 2. The zero-order valence-corrected chi connectivity index (χ0v) is 18.2. The van der Waals surface area contributed by atoms with E-state index in [1.165, 1.54) is 30.5 Å². The lowest BCUT2D eigenvalue weighted by Crippen LogP contribution is -2.47. The van der Waals surface area contributed by atoms with Crippen LogP contribution >= 0.6 is 11.6 Å². The molecule has 1 aliphatic heterocycles. The zero-order valence-electron chi connectivity index (χ0n) is 17.4. The predicted octanol–water partition coefficient (Wildman–Crippen LogP) is 4.25. The number of piperazine rings is 1. The fourth-order valence-electron chi connectivity index (χ4n) is 3.28. The van der Waals surface area contributed by atoms with E-state index in [1.54, 1.807) is 42.6 Å². The number of nitrogens with one attached hydrogen (secondary N) is 2. The third kappa shape index (κ3) is 5.87. The summed E-state index contributed by atoms with van der Waals surface area (Å²) in [6.07, 6.45) is 5.88. The fraction of sp³-hybridized carbons (Fsp3) is 0.125. The molecular weight excluding hydrogens is 447 g/mol. The van der Waals surface area contributed by atoms with Crippen LogP contribution in [0.3, 0.4) is 0 Å². The molecule has 2 aromatic carbocycles. The topological polar surface area (TPSA) is 83.6 Å². The third-order valence-corrected chi connectivity index (χ3v) is 5.14. The molecule has 1 fully saturated rings. The Bertz CT molecular complexity index is 1200. The molecule has 1 saturated heterocycles. The summed E-state index contributed by atoms with van der Waals surface area (Å²) in [5, 5.41) is 5.91. The average molecular weight is 467 g/mol. The van der Waals surface area contributed by atoms with E-state index < -0.39 is 11.7 Å². The molecule has 2 heterocycles. The van der Waals surface area contributed by atoms with Crippen molar-refractivity contribution < 1.29 is 18.7 Å². The van der Waals surface area contributed by atoms with Gasteiger partial charge in [0.2, 0.25) is 11.8 Å². The van der Waals surface area contributed by atoms with Gasteiger partial charge >= 0.3 is 0 Å². The van der Waals surface area contributed by atoms with E-state index in [2.05, 4.69) is 15.6 Å². The molecule has 2 amide bonds. The molecule has 4 rings (SSSR count). The number of amides is 2. The van der Waals surface area contributed by atoms with Gasteiger partial charge in [-0.1, -0.05) is 17.7 Å². The van der Waals surface area contributed by atoms with Gasteiger partial charge in [-0.2, -0.15) is 0 Å². The van der Waals surface area contributed by atoms with Gasteiger partial charge in [-0.05, 0) is 54.1 Å². The highest BCUT2D eigenvalue weighted by Crippen LogP contribution is 2.29. The lowest BCUT2D eigenvalue weighted by Gasteiger charge is -2.29. The number of ether oxygens (including phenoxy) is 1. The molecule has 9 heteroatoms. The van der Waals surface area contributed by atoms with Crippen molar-refractivity contribution in [1.82, 2.24) is 10.3 Å². The number of aromatic nitrogens is 1. The maximum Gasteiger partial charge on any atom is 0.248 e. The first-order valence-corrected chi connectivity index (χ1v) is 10.5. The average Bonchev–Trinajstić information content (AvgIpc) is 2.80. The van der Waals surface area contributed by atoms with Crippen LogP contribution in [0.2, 0.25) is 5.02 Å². The minimum Gasteiger partial charge on any atom is -0.453 e. The van der Waals surface area contributed by atoms with E-state index in [-0.39, 0.29) is 18.2 Å². The number of rotatable bonds is 6. The Morgan fingerprint density at radius 3 is 2.85 bits per heavy atom. The number of anilines is 2. The monoisotopic (exact) mass is 466 g/mol. The van der Waals surface area contributed by atoms with E-state index in [4.69, 9.17) is 16.3 Å². The molecule has 0 spiro atoms. The molecule has 0 unspecified atom stereocenters. The molecule has 0 bridgehead atoms. The Hall–Kier alpha value is -3.91. The third-order valence-electron chi connectivity index (χ3n) is 4.84. The maximum atomic E-state index is 14.3. The normalized spacial score (nSPS) is 13.6. The summed E-state index contributed by atoms with van der Waals surface area (Å²) in [6, 6.07) is 12.9. The molecular formula is C24H20ClFN4O3. The van der Waals surface area contributed by atoms with Gasteiger partial charge < -0.3 is 20.3 Å². The largest absolute Gasteiger partial charge is 0.453 e. The molecule has 0 atom stereocenters. The van der Waals surface area contributed by atoms with Crippen LogP contribution in [0, 0.1) is 5.82 Å². The second-order valence-electron chi connectivity index (χ2n) is 7.24. The van der Waals surface area contributed by atoms with E-state index in [0.29, 0.717) is 35.1 Å². The Morgan fingerprint density at radius 2 is 2.12 bits per heavy atom. The summed E-state index contributed by atoms with van der Waals surface area (Å²) in [5.41, 5.74) is 1.73. The molecule has 3 aromatic rings. The predicted molar refractivity (Wildman–Crippen MR) is 125 cm³/mol. The summed E-state index contributed by atoms with van der Waals surface area (Å²) in [4.78, 5) is 29.7. The molecule has 1 aliphatic rings. The molecule has 0 radical (unpaired) electrons. The number of hydrogen-bond acceptors (Lipinski definition) is 5. The van der Waals surface area contributed by atoms with E-state index in [1.807, 2.05) is 4.90 Å². The molecule has 33 heavy (non-hydrogen) atoms. The minimum atomic E-state index is -0.560. The van der Waals surface area contributed by atoms with Crippen molar-refractivity contribution in [3.63, 3.8) is 0 Å². The van der Waals surface area contributed by atoms with Gasteiger partial charge in [-0.3, -0.25) is 14.6 Å². The lowest BCUT2D eigenvalue weighted by atomic mass is 10.2. The Morgan fingerprint density at radius 1 is 1.24 bits per heavy atom. The molecule has 1 aromatic heterocycles. The van der Waals surface area contributed by atoms with Crippen LogP contribution in [0.15, 0.2) is 67.0 Å². The number of benzene rings is 2. The van der Waals surface area contributed by atoms with Crippen LogP contribution in [0.1, 0.15) is 5.56 Å². The molecule has 0 saturated carbocycles. The van der Waals surface area contributed by atoms with E-state index in [0.717, 1.165) is 5.69 Å². The Kier molecular flexibility index (Phi) is 6.85. The molecule has 7 nitrogen and oxygen atoms in total. The van der Waals surface area contributed by atoms with Gasteiger partial charge in [0.1, 0.15) is 5.75 Å². The first kappa shape index (κ1) is 22.3. The van der Waals surface area contributed by atoms with Gasteiger partial charge in [-0.15, -0.1) is 0 Å². The van der Waals surface area contributed by atoms with Crippen LogP contribution < -0.4 is 20.3 Å². The van der Waals surface area contributed by atoms with E-state index in [9.17, 15) is 14.0 Å². The van der Waals surface area contributed by atoms with Crippen LogP contribution in [-0.2, 0) is 9.59 Å². The second-order valence-corrected chi connectivity index (χ2v) is 7.65. The van der Waals surface area contributed by atoms with Crippen LogP contribution in [0.5, 0.6) is 11.5 Å². The van der Waals surface area contributed by atoms with Crippen LogP contribution in [-0.4, -0.2) is 36.4 Å². The van der Waals surface area contributed by atoms with Gasteiger partial charge in [-0.25, -0.2) is 4.39 Å². The highest BCUT2D eigenvalue weighted by atomic mass is 35.5. The minimum absolute atomic E-state index is 0.0607. The van der Waals surface area contributed by atoms with Crippen LogP contribution in [0.4, 0.5) is 15.8 Å². The van der Waals surface area contributed by atoms with Gasteiger partial charge in [0, 0.05) is 31.0 Å². The second kappa shape index (κ2) is 10.1. The number of halogens is 2. The first-order valence-electron chi connectivity index (χ1n) is 10.2. The van der Waals surface area contributed by atoms with Crippen molar-refractivity contribution in [1.29, 1.82) is 0 Å². The van der Waals surface area contributed by atoms with Crippen molar-refractivity contribution in [2.45, 2.75) is 0 Å². The fourth-order valence-corrected chi connectivity index (χ4v) is 3.58. The number of nitrogens with zero attached hydrogens (tertiary/aromatic N) is 2. The summed E-state index contributed by atoms with van der Waals surface area (Å²) in [6.45, 7) is 1.44. The SMILES string of the molecule is O=C(/C=C/c1ccc(Oc2cccnc2)c(F)c1)Nc1ccc(N2CCNC(=O)C2)c(Cl)c1. The highest BCUT2D eigenvalue weighted by Gasteiger charge is 2.18. The Labute approximate surface area is 194 Å². The van der Waals surface area contributed by atoms with Crippen LogP contribution in [0.25, 0.3) is 6.08 Å². The Balaban J connectivity index is 1.37. The standard InChI is InChI=1S/C24H20ClFN4O3/c25-19-13-17(5-6-21(19)30-11-10-28-24(32)15-30)29-23(31)8-4-16-3-7-22(20(26)12-16)33-18-2-1-9-27-14-18/h1-9,12-14H,10-11,15H2,(H,28,32)(H,29,31)/b8-4+. The summed E-state index contributed by atoms with van der Waals surface area (Å²) in [7, 11) is 0. The van der Waals surface area contributed by atoms with Crippen molar-refractivity contribution in [2.75, 3.05) is 29.9 Å². The molecule has 2 N–H and O–H groups in total. The lowest BCUT2D eigenvalue weighted by molar-refractivity contribution is -0.120. The van der Waals surface area contributed by atoms with E-state index >= 15 is 0 Å². The summed E-state index contributed by atoms with van der Waals surface area (Å²) in [5.74, 6) is -0.534. The highest BCUT2D eigenvalue weighted by molar-refractivity contribution is 6.33. The van der Waals surface area contributed by atoms with Crippen molar-refractivity contribution in [3.8, 4) is 11.5 Å². The first-order chi connectivity index (χ1) is 16.0. The van der Waals surface area contributed by atoms with Gasteiger partial charge in [0.05, 0.1) is 23.5 Å². The number of hydrogen-bond donors (Lipinski definition) is 2. The zero-order chi connectivity index (χ0) is 23.2. The van der Waals surface area contributed by atoms with Gasteiger partial charge in [0.15, 0.2) is 11.6 Å². The number of carbonyl (C=O) groups excluding carboxylic acids is 2. The molecule has 168 valence electrons. The quantitative estimate of drug-likeness (QED) is 0.530. The number of pyridine rings is 1. The van der Waals surface area contributed by atoms with Crippen molar-refractivity contribution >= 4 is 40.9 Å².